The maximum atomic E-state index is 12.7. The molecule has 0 aliphatic rings. The number of hydrogen-bond acceptors (Lipinski definition) is 9. The lowest BCUT2D eigenvalue weighted by atomic mass is 10.1. The van der Waals surface area contributed by atoms with Crippen molar-refractivity contribution in [3.63, 3.8) is 0 Å². The van der Waals surface area contributed by atoms with Crippen LogP contribution in [0.5, 0.6) is 0 Å². The number of quaternary nitrogens is 1. The van der Waals surface area contributed by atoms with Crippen molar-refractivity contribution in [1.29, 1.82) is 0 Å². The Balaban J connectivity index is 4.47. The van der Waals surface area contributed by atoms with Crippen LogP contribution < -0.4 is 4.89 Å². The topological polar surface area (TPSA) is 131 Å². The van der Waals surface area contributed by atoms with Crippen LogP contribution in [0.15, 0.2) is 60.8 Å². The number of likely N-dealkylation sites (N-methyl/N-ethyl adjacent to an activating group) is 1. The molecule has 0 bridgehead atoms. The minimum absolute atomic E-state index is 0.0485. The first kappa shape index (κ1) is 54.7. The zero-order valence-corrected chi connectivity index (χ0v) is 37.5. The van der Waals surface area contributed by atoms with Crippen molar-refractivity contribution < 1.29 is 47.2 Å². The van der Waals surface area contributed by atoms with Gasteiger partial charge in [-0.15, -0.1) is 0 Å². The van der Waals surface area contributed by atoms with Crippen LogP contribution in [0.4, 0.5) is 0 Å². The predicted molar refractivity (Wildman–Crippen MR) is 232 cm³/mol. The van der Waals surface area contributed by atoms with Gasteiger partial charge in [-0.3, -0.25) is 14.2 Å². The molecule has 3 atom stereocenters. The monoisotopic (exact) mass is 824 g/mol. The molecule has 330 valence electrons. The predicted octanol–water partition coefficient (Wildman–Crippen LogP) is 10.8. The largest absolute Gasteiger partial charge is 0.756 e. The molecular formula is C46H82NO9P. The second-order valence-corrected chi connectivity index (χ2v) is 17.4. The summed E-state index contributed by atoms with van der Waals surface area (Å²) < 4.78 is 33.8. The van der Waals surface area contributed by atoms with Crippen molar-refractivity contribution in [2.75, 3.05) is 47.5 Å². The number of nitrogens with zero attached hydrogens (tertiary/aromatic N) is 1. The Morgan fingerprint density at radius 2 is 1.11 bits per heavy atom. The van der Waals surface area contributed by atoms with E-state index in [9.17, 15) is 24.2 Å². The summed E-state index contributed by atoms with van der Waals surface area (Å²) in [6.07, 6.45) is 42.4. The Morgan fingerprint density at radius 1 is 0.632 bits per heavy atom. The maximum Gasteiger partial charge on any atom is 0.306 e. The average molecular weight is 824 g/mol. The number of phosphoric ester groups is 1. The Kier molecular flexibility index (Phi) is 36.4. The molecule has 0 aliphatic carbocycles. The molecular weight excluding hydrogens is 741 g/mol. The number of unbranched alkanes of at least 4 members (excludes halogenated alkanes) is 13. The lowest BCUT2D eigenvalue weighted by molar-refractivity contribution is -0.870. The molecule has 0 amide bonds. The third-order valence-electron chi connectivity index (χ3n) is 9.03. The third-order valence-corrected chi connectivity index (χ3v) is 9.99. The molecule has 0 saturated heterocycles. The molecule has 0 rings (SSSR count). The van der Waals surface area contributed by atoms with Gasteiger partial charge >= 0.3 is 11.9 Å². The molecule has 10 nitrogen and oxygen atoms in total. The molecule has 0 aromatic carbocycles. The zero-order chi connectivity index (χ0) is 42.3. The summed E-state index contributed by atoms with van der Waals surface area (Å²) in [5.41, 5.74) is 0. The van der Waals surface area contributed by atoms with E-state index in [1.54, 1.807) is 0 Å². The maximum absolute atomic E-state index is 12.7. The van der Waals surface area contributed by atoms with Crippen LogP contribution in [0.3, 0.4) is 0 Å². The fraction of sp³-hybridized carbons (Fsp3) is 0.739. The summed E-state index contributed by atoms with van der Waals surface area (Å²) in [5, 5.41) is 9.27. The van der Waals surface area contributed by atoms with Crippen molar-refractivity contribution in [3.8, 4) is 0 Å². The minimum Gasteiger partial charge on any atom is -0.756 e. The SMILES string of the molecule is CCCCCCCC/C=C\CCCCCCCC(=O)O[C@H](COC(=O)CCC/C=C\C/C=C\C/C=C\C/C=C\CCC[C@@H](C)O)COP(=O)([O-])OCC[N+](C)(C)C. The Labute approximate surface area is 348 Å². The molecule has 0 heterocycles. The minimum atomic E-state index is -4.65. The lowest BCUT2D eigenvalue weighted by Crippen LogP contribution is -2.37. The Morgan fingerprint density at radius 3 is 1.67 bits per heavy atom. The van der Waals surface area contributed by atoms with E-state index in [4.69, 9.17) is 18.5 Å². The van der Waals surface area contributed by atoms with Crippen LogP contribution in [0.25, 0.3) is 0 Å². The molecule has 57 heavy (non-hydrogen) atoms. The van der Waals surface area contributed by atoms with Crippen LogP contribution in [0.2, 0.25) is 0 Å². The van der Waals surface area contributed by atoms with Gasteiger partial charge in [-0.05, 0) is 90.4 Å². The Bertz CT molecular complexity index is 1170. The number of carbonyl (C=O) groups excluding carboxylic acids is 2. The number of esters is 2. The van der Waals surface area contributed by atoms with Crippen LogP contribution >= 0.6 is 7.82 Å². The highest BCUT2D eigenvalue weighted by Crippen LogP contribution is 2.38. The first-order valence-corrected chi connectivity index (χ1v) is 23.5. The number of phosphoric acid groups is 1. The lowest BCUT2D eigenvalue weighted by Gasteiger charge is -2.28. The van der Waals surface area contributed by atoms with Gasteiger partial charge in [-0.2, -0.15) is 0 Å². The highest BCUT2D eigenvalue weighted by Gasteiger charge is 2.21. The number of ether oxygens (including phenoxy) is 2. The normalized spacial score (nSPS) is 14.7. The number of allylic oxidation sites excluding steroid dienone is 10. The fourth-order valence-electron chi connectivity index (χ4n) is 5.54. The summed E-state index contributed by atoms with van der Waals surface area (Å²) >= 11 is 0. The van der Waals surface area contributed by atoms with Crippen LogP contribution in [0, 0.1) is 0 Å². The molecule has 0 fully saturated rings. The van der Waals surface area contributed by atoms with Gasteiger partial charge < -0.3 is 33.0 Å². The van der Waals surface area contributed by atoms with Gasteiger partial charge in [0.1, 0.15) is 19.8 Å². The zero-order valence-electron chi connectivity index (χ0n) is 36.6. The van der Waals surface area contributed by atoms with E-state index in [0.717, 1.165) is 70.6 Å². The molecule has 0 saturated carbocycles. The molecule has 1 N–H and O–H groups in total. The number of aliphatic hydroxyl groups excluding tert-OH is 1. The quantitative estimate of drug-likeness (QED) is 0.0212. The first-order valence-electron chi connectivity index (χ1n) is 22.0. The van der Waals surface area contributed by atoms with Gasteiger partial charge in [0, 0.05) is 12.8 Å². The van der Waals surface area contributed by atoms with E-state index in [-0.39, 0.29) is 32.2 Å². The van der Waals surface area contributed by atoms with Gasteiger partial charge in [0.15, 0.2) is 6.10 Å². The molecule has 0 aromatic heterocycles. The van der Waals surface area contributed by atoms with E-state index in [1.165, 1.54) is 44.9 Å². The highest BCUT2D eigenvalue weighted by molar-refractivity contribution is 7.45. The van der Waals surface area contributed by atoms with E-state index >= 15 is 0 Å². The van der Waals surface area contributed by atoms with Gasteiger partial charge in [-0.25, -0.2) is 0 Å². The van der Waals surface area contributed by atoms with Gasteiger partial charge in [0.2, 0.25) is 0 Å². The second kappa shape index (κ2) is 37.9. The Hall–Kier alpha value is -2.33. The summed E-state index contributed by atoms with van der Waals surface area (Å²) in [7, 11) is 1.10. The summed E-state index contributed by atoms with van der Waals surface area (Å²) in [4.78, 5) is 37.5. The number of rotatable bonds is 39. The van der Waals surface area contributed by atoms with E-state index < -0.39 is 32.5 Å². The van der Waals surface area contributed by atoms with Gasteiger partial charge in [0.25, 0.3) is 7.82 Å². The van der Waals surface area contributed by atoms with Gasteiger partial charge in [0.05, 0.1) is 33.9 Å². The fourth-order valence-corrected chi connectivity index (χ4v) is 6.27. The van der Waals surface area contributed by atoms with Crippen molar-refractivity contribution >= 4 is 19.8 Å². The smallest absolute Gasteiger partial charge is 0.306 e. The third kappa shape index (κ3) is 43.1. The molecule has 1 unspecified atom stereocenters. The molecule has 11 heteroatoms. The number of aliphatic hydroxyl groups is 1. The molecule has 0 aromatic rings. The van der Waals surface area contributed by atoms with Crippen molar-refractivity contribution in [1.82, 2.24) is 0 Å². The summed E-state index contributed by atoms with van der Waals surface area (Å²) in [5.74, 6) is -0.931. The van der Waals surface area contributed by atoms with E-state index in [1.807, 2.05) is 34.1 Å². The number of carbonyl (C=O) groups is 2. The van der Waals surface area contributed by atoms with Crippen LogP contribution in [0.1, 0.15) is 162 Å². The second-order valence-electron chi connectivity index (χ2n) is 16.0. The standard InChI is InChI=1S/C46H82NO9P/c1-6-7-8-9-10-11-12-13-15-20-23-26-29-32-35-38-46(50)56-44(42-55-57(51,52)54-40-39-47(3,4)5)41-53-45(49)37-34-31-28-25-22-19-17-14-16-18-21-24-27-30-33-36-43(2)48/h13,15-19,24-25,27-28,43-44,48H,6-12,14,20-23,26,29-42H2,1-5H3/b15-13-,18-16-,19-17-,27-24-,28-25-/t43-,44-/m1/s1. The first-order chi connectivity index (χ1) is 27.3. The molecule has 0 radical (unpaired) electrons. The van der Waals surface area contributed by atoms with E-state index in [2.05, 4.69) is 61.6 Å². The van der Waals surface area contributed by atoms with E-state index in [0.29, 0.717) is 30.3 Å². The summed E-state index contributed by atoms with van der Waals surface area (Å²) in [6, 6.07) is 0. The van der Waals surface area contributed by atoms with Crippen molar-refractivity contribution in [3.05, 3.63) is 60.8 Å². The van der Waals surface area contributed by atoms with Crippen molar-refractivity contribution in [2.45, 2.75) is 174 Å². The summed E-state index contributed by atoms with van der Waals surface area (Å²) in [6.45, 7) is 3.68. The van der Waals surface area contributed by atoms with Crippen LogP contribution in [-0.4, -0.2) is 81.2 Å². The number of hydrogen-bond donors (Lipinski definition) is 1. The van der Waals surface area contributed by atoms with Crippen LogP contribution in [-0.2, 0) is 32.7 Å². The van der Waals surface area contributed by atoms with Crippen molar-refractivity contribution in [2.24, 2.45) is 0 Å². The highest BCUT2D eigenvalue weighted by atomic mass is 31.2. The molecule has 0 aliphatic heterocycles. The molecule has 0 spiro atoms. The average Bonchev–Trinajstić information content (AvgIpc) is 3.14. The van der Waals surface area contributed by atoms with Gasteiger partial charge in [-0.1, -0.05) is 119 Å².